The summed E-state index contributed by atoms with van der Waals surface area (Å²) < 4.78 is 1.84. The molecule has 0 radical (unpaired) electrons. The Hall–Kier alpha value is -1.91. The van der Waals surface area contributed by atoms with Crippen LogP contribution < -0.4 is 0 Å². The van der Waals surface area contributed by atoms with Crippen LogP contribution >= 0.6 is 55.1 Å². The summed E-state index contributed by atoms with van der Waals surface area (Å²) in [7, 11) is 0. The number of rotatable bonds is 6. The lowest BCUT2D eigenvalue weighted by atomic mass is 9.90. The average Bonchev–Trinajstić information content (AvgIpc) is 2.77. The maximum Gasteiger partial charge on any atom is 0.193 e. The van der Waals surface area contributed by atoms with Gasteiger partial charge in [-0.05, 0) is 83.6 Å². The Balaban J connectivity index is 1.76. The normalized spacial score (nSPS) is 10.9. The predicted molar refractivity (Wildman–Crippen MR) is 140 cm³/mol. The second kappa shape index (κ2) is 10.4. The van der Waals surface area contributed by atoms with Gasteiger partial charge in [-0.3, -0.25) is 4.79 Å². The summed E-state index contributed by atoms with van der Waals surface area (Å²) in [5.41, 5.74) is 5.13. The zero-order valence-electron chi connectivity index (χ0n) is 16.9. The Labute approximate surface area is 214 Å². The number of carbonyl (C=O) groups is 1. The van der Waals surface area contributed by atoms with Gasteiger partial charge in [-0.15, -0.1) is 0 Å². The first-order valence-corrected chi connectivity index (χ1v) is 12.3. The Morgan fingerprint density at radius 3 is 1.41 bits per heavy atom. The van der Waals surface area contributed by atoms with Crippen LogP contribution in [-0.4, -0.2) is 5.78 Å². The van der Waals surface area contributed by atoms with Gasteiger partial charge in [0.25, 0.3) is 0 Å². The molecule has 0 unspecified atom stereocenters. The van der Waals surface area contributed by atoms with Crippen molar-refractivity contribution in [3.8, 4) is 0 Å². The third-order valence-electron chi connectivity index (χ3n) is 5.30. The lowest BCUT2D eigenvalue weighted by molar-refractivity contribution is 0.103. The highest BCUT2D eigenvalue weighted by atomic mass is 79.9. The van der Waals surface area contributed by atoms with Crippen molar-refractivity contribution in [2.24, 2.45) is 0 Å². The minimum Gasteiger partial charge on any atom is -0.289 e. The summed E-state index contributed by atoms with van der Waals surface area (Å²) in [5, 5.41) is 1.38. The summed E-state index contributed by atoms with van der Waals surface area (Å²) in [6.45, 7) is 0. The first-order chi connectivity index (χ1) is 15.4. The van der Waals surface area contributed by atoms with Crippen LogP contribution in [-0.2, 0) is 12.8 Å². The molecule has 4 aromatic rings. The molecule has 0 aliphatic rings. The summed E-state index contributed by atoms with van der Waals surface area (Å²) >= 11 is 19.9. The van der Waals surface area contributed by atoms with Crippen molar-refractivity contribution in [1.82, 2.24) is 0 Å². The fourth-order valence-electron chi connectivity index (χ4n) is 3.70. The Morgan fingerprint density at radius 1 is 0.594 bits per heavy atom. The Morgan fingerprint density at radius 2 is 1.00 bits per heavy atom. The Kier molecular flexibility index (Phi) is 7.52. The molecule has 0 aromatic heterocycles. The van der Waals surface area contributed by atoms with E-state index in [4.69, 9.17) is 23.2 Å². The van der Waals surface area contributed by atoms with E-state index in [0.29, 0.717) is 34.0 Å². The number of carbonyl (C=O) groups excluding carboxylic acids is 1. The topological polar surface area (TPSA) is 17.1 Å². The predicted octanol–water partition coefficient (Wildman–Crippen LogP) is 8.93. The third-order valence-corrected chi connectivity index (χ3v) is 7.03. The lowest BCUT2D eigenvalue weighted by Crippen LogP contribution is -2.10. The maximum atomic E-state index is 13.8. The molecular weight excluding hydrogens is 571 g/mol. The fourth-order valence-corrected chi connectivity index (χ4v) is 4.92. The van der Waals surface area contributed by atoms with E-state index in [1.807, 2.05) is 84.9 Å². The van der Waals surface area contributed by atoms with E-state index < -0.39 is 0 Å². The summed E-state index contributed by atoms with van der Waals surface area (Å²) in [6.07, 6.45) is 1.13. The van der Waals surface area contributed by atoms with Crippen molar-refractivity contribution in [3.05, 3.63) is 137 Å². The minimum absolute atomic E-state index is 0.0193. The molecule has 0 spiro atoms. The van der Waals surface area contributed by atoms with Gasteiger partial charge in [-0.25, -0.2) is 0 Å². The SMILES string of the molecule is O=C(c1ccc(Br)cc1Cc1ccccc1Cl)c1ccc(Br)cc1Cc1ccccc1Cl. The van der Waals surface area contributed by atoms with Crippen molar-refractivity contribution in [3.63, 3.8) is 0 Å². The van der Waals surface area contributed by atoms with Crippen molar-refractivity contribution in [1.29, 1.82) is 0 Å². The van der Waals surface area contributed by atoms with Crippen molar-refractivity contribution >= 4 is 60.8 Å². The molecule has 0 saturated carbocycles. The zero-order chi connectivity index (χ0) is 22.7. The number of benzene rings is 4. The highest BCUT2D eigenvalue weighted by molar-refractivity contribution is 9.10. The van der Waals surface area contributed by atoms with Crippen LogP contribution in [0.15, 0.2) is 93.9 Å². The second-order valence-corrected chi connectivity index (χ2v) is 10.1. The maximum absolute atomic E-state index is 13.8. The molecule has 5 heteroatoms. The van der Waals surface area contributed by atoms with Gasteiger partial charge < -0.3 is 0 Å². The standard InChI is InChI=1S/C27H18Br2Cl2O/c28-21-9-11-23(19(15-21)13-17-5-1-3-7-25(17)30)27(32)24-12-10-22(29)16-20(24)14-18-6-2-4-8-26(18)31/h1-12,15-16H,13-14H2. The van der Waals surface area contributed by atoms with Gasteiger partial charge in [0, 0.05) is 30.1 Å². The van der Waals surface area contributed by atoms with E-state index in [1.165, 1.54) is 0 Å². The van der Waals surface area contributed by atoms with Gasteiger partial charge in [0.2, 0.25) is 0 Å². The van der Waals surface area contributed by atoms with Gasteiger partial charge in [-0.2, -0.15) is 0 Å². The summed E-state index contributed by atoms with van der Waals surface area (Å²) in [4.78, 5) is 13.8. The first kappa shape index (κ1) is 23.3. The molecule has 32 heavy (non-hydrogen) atoms. The number of ketones is 1. The molecule has 0 heterocycles. The molecule has 0 aliphatic carbocycles. The smallest absolute Gasteiger partial charge is 0.193 e. The number of hydrogen-bond acceptors (Lipinski definition) is 1. The van der Waals surface area contributed by atoms with Gasteiger partial charge >= 0.3 is 0 Å². The van der Waals surface area contributed by atoms with Crippen LogP contribution in [0.4, 0.5) is 0 Å². The van der Waals surface area contributed by atoms with E-state index in [-0.39, 0.29) is 5.78 Å². The molecule has 4 rings (SSSR count). The third kappa shape index (κ3) is 5.35. The van der Waals surface area contributed by atoms with Gasteiger partial charge in [0.05, 0.1) is 0 Å². The van der Waals surface area contributed by atoms with E-state index >= 15 is 0 Å². The van der Waals surface area contributed by atoms with E-state index in [2.05, 4.69) is 31.9 Å². The second-order valence-electron chi connectivity index (χ2n) is 7.47. The van der Waals surface area contributed by atoms with E-state index in [1.54, 1.807) is 0 Å². The van der Waals surface area contributed by atoms with Crippen LogP contribution in [0.25, 0.3) is 0 Å². The molecule has 0 saturated heterocycles. The Bertz CT molecular complexity index is 1200. The highest BCUT2D eigenvalue weighted by Gasteiger charge is 2.19. The van der Waals surface area contributed by atoms with E-state index in [9.17, 15) is 4.79 Å². The van der Waals surface area contributed by atoms with Gasteiger partial charge in [0.15, 0.2) is 5.78 Å². The van der Waals surface area contributed by atoms with Crippen LogP contribution in [0.1, 0.15) is 38.2 Å². The molecule has 0 N–H and O–H groups in total. The monoisotopic (exact) mass is 586 g/mol. The molecule has 0 aliphatic heterocycles. The van der Waals surface area contributed by atoms with Crippen molar-refractivity contribution in [2.75, 3.05) is 0 Å². The van der Waals surface area contributed by atoms with Gasteiger partial charge in [0.1, 0.15) is 0 Å². The van der Waals surface area contributed by atoms with Crippen LogP contribution in [0, 0.1) is 0 Å². The molecule has 0 atom stereocenters. The average molecular weight is 589 g/mol. The zero-order valence-corrected chi connectivity index (χ0v) is 21.6. The molecule has 4 aromatic carbocycles. The summed E-state index contributed by atoms with van der Waals surface area (Å²) in [6, 6.07) is 27.0. The fraction of sp³-hybridized carbons (Fsp3) is 0.0741. The molecule has 0 fully saturated rings. The molecular formula is C27H18Br2Cl2O. The van der Waals surface area contributed by atoms with E-state index in [0.717, 1.165) is 31.2 Å². The van der Waals surface area contributed by atoms with Crippen molar-refractivity contribution in [2.45, 2.75) is 12.8 Å². The molecule has 0 bridgehead atoms. The largest absolute Gasteiger partial charge is 0.289 e. The highest BCUT2D eigenvalue weighted by Crippen LogP contribution is 2.29. The molecule has 0 amide bonds. The first-order valence-electron chi connectivity index (χ1n) is 10.0. The quantitative estimate of drug-likeness (QED) is 0.206. The van der Waals surface area contributed by atoms with Crippen LogP contribution in [0.2, 0.25) is 10.0 Å². The molecule has 160 valence electrons. The number of halogens is 4. The van der Waals surface area contributed by atoms with Crippen molar-refractivity contribution < 1.29 is 4.79 Å². The van der Waals surface area contributed by atoms with Crippen LogP contribution in [0.5, 0.6) is 0 Å². The summed E-state index contributed by atoms with van der Waals surface area (Å²) in [5.74, 6) is -0.0193. The van der Waals surface area contributed by atoms with Gasteiger partial charge in [-0.1, -0.05) is 91.5 Å². The lowest BCUT2D eigenvalue weighted by Gasteiger charge is -2.14. The minimum atomic E-state index is -0.0193. The van der Waals surface area contributed by atoms with Crippen LogP contribution in [0.3, 0.4) is 0 Å². The number of hydrogen-bond donors (Lipinski definition) is 0. The molecule has 1 nitrogen and oxygen atoms in total.